The number of benzene rings is 1. The summed E-state index contributed by atoms with van der Waals surface area (Å²) in [7, 11) is 1.86. The molecule has 0 spiro atoms. The van der Waals surface area contributed by atoms with Crippen LogP contribution in [0.25, 0.3) is 10.8 Å². The smallest absolute Gasteiger partial charge is 0.412 e. The molecule has 2 N–H and O–H groups in total. The topological polar surface area (TPSA) is 63.2 Å². The Morgan fingerprint density at radius 2 is 2.00 bits per heavy atom. The Morgan fingerprint density at radius 1 is 1.29 bits per heavy atom. The number of amides is 1. The zero-order chi connectivity index (χ0) is 15.6. The van der Waals surface area contributed by atoms with Crippen molar-refractivity contribution >= 4 is 28.2 Å². The Bertz CT molecular complexity index is 675. The molecule has 0 saturated carbocycles. The molecule has 5 nitrogen and oxygen atoms in total. The quantitative estimate of drug-likeness (QED) is 0.878. The number of nitrogens with zero attached hydrogens (tertiary/aromatic N) is 1. The number of ether oxygens (including phenoxy) is 1. The average Bonchev–Trinajstić information content (AvgIpc) is 2.39. The number of hydrogen-bond donors (Lipinski definition) is 2. The molecular weight excluding hydrogens is 266 g/mol. The molecule has 1 heterocycles. The number of hydrogen-bond acceptors (Lipinski definition) is 4. The minimum atomic E-state index is -0.528. The molecule has 5 heteroatoms. The zero-order valence-electron chi connectivity index (χ0n) is 13.1. The van der Waals surface area contributed by atoms with Crippen LogP contribution in [0.1, 0.15) is 26.3 Å². The normalized spacial score (nSPS) is 11.3. The van der Waals surface area contributed by atoms with Gasteiger partial charge in [-0.2, -0.15) is 0 Å². The van der Waals surface area contributed by atoms with Crippen LogP contribution >= 0.6 is 0 Å². The van der Waals surface area contributed by atoms with Gasteiger partial charge in [0.05, 0.1) is 5.69 Å². The van der Waals surface area contributed by atoms with Gasteiger partial charge in [0, 0.05) is 35.9 Å². The molecule has 0 saturated heterocycles. The number of aromatic nitrogens is 1. The maximum Gasteiger partial charge on any atom is 0.412 e. The van der Waals surface area contributed by atoms with E-state index in [2.05, 4.69) is 15.6 Å². The monoisotopic (exact) mass is 287 g/mol. The van der Waals surface area contributed by atoms with Gasteiger partial charge >= 0.3 is 6.09 Å². The summed E-state index contributed by atoms with van der Waals surface area (Å²) in [5.74, 6) is 0. The zero-order valence-corrected chi connectivity index (χ0v) is 13.1. The minimum Gasteiger partial charge on any atom is -0.444 e. The van der Waals surface area contributed by atoms with E-state index < -0.39 is 11.7 Å². The Balaban J connectivity index is 2.45. The minimum absolute atomic E-state index is 0.457. The van der Waals surface area contributed by atoms with Crippen LogP contribution in [0.2, 0.25) is 0 Å². The van der Waals surface area contributed by atoms with Crippen LogP contribution in [0, 0.1) is 6.92 Å². The van der Waals surface area contributed by atoms with E-state index in [0.717, 1.165) is 27.7 Å². The van der Waals surface area contributed by atoms with Crippen molar-refractivity contribution in [3.05, 3.63) is 30.1 Å². The molecule has 112 valence electrons. The molecule has 0 aliphatic rings. The van der Waals surface area contributed by atoms with Crippen molar-refractivity contribution < 1.29 is 9.53 Å². The molecule has 1 aromatic heterocycles. The fourth-order valence-electron chi connectivity index (χ4n) is 2.18. The van der Waals surface area contributed by atoms with Crippen molar-refractivity contribution in [1.29, 1.82) is 0 Å². The second-order valence-electron chi connectivity index (χ2n) is 5.91. The number of carbonyl (C=O) groups is 1. The van der Waals surface area contributed by atoms with Gasteiger partial charge in [-0.25, -0.2) is 4.79 Å². The Morgan fingerprint density at radius 3 is 2.62 bits per heavy atom. The van der Waals surface area contributed by atoms with E-state index in [4.69, 9.17) is 4.74 Å². The maximum atomic E-state index is 12.0. The van der Waals surface area contributed by atoms with E-state index in [1.807, 2.05) is 46.9 Å². The molecule has 0 fully saturated rings. The summed E-state index contributed by atoms with van der Waals surface area (Å²) in [6.45, 7) is 7.47. The predicted octanol–water partition coefficient (Wildman–Crippen LogP) is 3.93. The largest absolute Gasteiger partial charge is 0.444 e. The first-order valence-electron chi connectivity index (χ1n) is 6.87. The van der Waals surface area contributed by atoms with E-state index in [0.29, 0.717) is 0 Å². The van der Waals surface area contributed by atoms with Gasteiger partial charge in [0.2, 0.25) is 0 Å². The molecule has 2 rings (SSSR count). The van der Waals surface area contributed by atoms with E-state index in [-0.39, 0.29) is 0 Å². The summed E-state index contributed by atoms with van der Waals surface area (Å²) in [5, 5.41) is 7.88. The lowest BCUT2D eigenvalue weighted by Gasteiger charge is -2.21. The molecule has 1 amide bonds. The first kappa shape index (κ1) is 15.1. The van der Waals surface area contributed by atoms with E-state index in [1.54, 1.807) is 12.4 Å². The van der Waals surface area contributed by atoms with Crippen LogP contribution in [0.15, 0.2) is 24.5 Å². The van der Waals surface area contributed by atoms with Gasteiger partial charge in [-0.3, -0.25) is 10.3 Å². The molecule has 0 bridgehead atoms. The number of fused-ring (bicyclic) bond motifs is 1. The lowest BCUT2D eigenvalue weighted by molar-refractivity contribution is 0.0636. The summed E-state index contributed by atoms with van der Waals surface area (Å²) >= 11 is 0. The molecule has 21 heavy (non-hydrogen) atoms. The van der Waals surface area contributed by atoms with Crippen LogP contribution < -0.4 is 10.6 Å². The molecular formula is C16H21N3O2. The van der Waals surface area contributed by atoms with Crippen molar-refractivity contribution in [1.82, 2.24) is 4.98 Å². The number of pyridine rings is 1. The third-order valence-corrected chi connectivity index (χ3v) is 3.03. The first-order valence-corrected chi connectivity index (χ1v) is 6.87. The molecule has 0 unspecified atom stereocenters. The fraction of sp³-hybridized carbons (Fsp3) is 0.375. The Labute approximate surface area is 124 Å². The summed E-state index contributed by atoms with van der Waals surface area (Å²) < 4.78 is 5.32. The Hall–Kier alpha value is -2.30. The molecule has 0 aliphatic heterocycles. The highest BCUT2D eigenvalue weighted by Crippen LogP contribution is 2.32. The highest BCUT2D eigenvalue weighted by Gasteiger charge is 2.18. The molecule has 2 aromatic rings. The lowest BCUT2D eigenvalue weighted by Crippen LogP contribution is -2.27. The van der Waals surface area contributed by atoms with Crippen LogP contribution in [0.3, 0.4) is 0 Å². The standard InChI is InChI=1S/C16H21N3O2/c1-10-8-13(17-5)12-9-18-7-6-11(12)14(10)19-15(20)21-16(2,3)4/h6-9,17H,1-5H3,(H,19,20). The molecule has 0 atom stereocenters. The second kappa shape index (κ2) is 5.60. The van der Waals surface area contributed by atoms with Crippen molar-refractivity contribution in [2.24, 2.45) is 0 Å². The lowest BCUT2D eigenvalue weighted by atomic mass is 10.0. The van der Waals surface area contributed by atoms with Gasteiger partial charge in [-0.15, -0.1) is 0 Å². The molecule has 0 radical (unpaired) electrons. The number of aryl methyl sites for hydroxylation is 1. The van der Waals surface area contributed by atoms with Crippen molar-refractivity contribution in [3.8, 4) is 0 Å². The predicted molar refractivity (Wildman–Crippen MR) is 85.9 cm³/mol. The van der Waals surface area contributed by atoms with Crippen molar-refractivity contribution in [2.75, 3.05) is 17.7 Å². The number of anilines is 2. The first-order chi connectivity index (χ1) is 9.81. The number of nitrogens with one attached hydrogen (secondary N) is 2. The van der Waals surface area contributed by atoms with Crippen LogP contribution in [0.4, 0.5) is 16.2 Å². The van der Waals surface area contributed by atoms with Gasteiger partial charge in [-0.1, -0.05) is 0 Å². The van der Waals surface area contributed by atoms with Crippen molar-refractivity contribution in [2.45, 2.75) is 33.3 Å². The third-order valence-electron chi connectivity index (χ3n) is 3.03. The van der Waals surface area contributed by atoms with Crippen LogP contribution in [-0.4, -0.2) is 23.7 Å². The van der Waals surface area contributed by atoms with Crippen molar-refractivity contribution in [3.63, 3.8) is 0 Å². The van der Waals surface area contributed by atoms with Gasteiger partial charge < -0.3 is 10.1 Å². The van der Waals surface area contributed by atoms with E-state index in [9.17, 15) is 4.79 Å². The average molecular weight is 287 g/mol. The van der Waals surface area contributed by atoms with Gasteiger partial charge in [0.25, 0.3) is 0 Å². The van der Waals surface area contributed by atoms with Gasteiger partial charge in [0.15, 0.2) is 0 Å². The van der Waals surface area contributed by atoms with Crippen LogP contribution in [0.5, 0.6) is 0 Å². The molecule has 0 aliphatic carbocycles. The highest BCUT2D eigenvalue weighted by molar-refractivity contribution is 6.06. The van der Waals surface area contributed by atoms with Crippen LogP contribution in [-0.2, 0) is 4.74 Å². The van der Waals surface area contributed by atoms with Gasteiger partial charge in [0.1, 0.15) is 5.60 Å². The highest BCUT2D eigenvalue weighted by atomic mass is 16.6. The maximum absolute atomic E-state index is 12.0. The number of rotatable bonds is 2. The van der Waals surface area contributed by atoms with Gasteiger partial charge in [-0.05, 0) is 45.4 Å². The number of carbonyl (C=O) groups excluding carboxylic acids is 1. The third kappa shape index (κ3) is 3.42. The molecule has 1 aromatic carbocycles. The SMILES string of the molecule is CNc1cc(C)c(NC(=O)OC(C)(C)C)c2ccncc12. The Kier molecular flexibility index (Phi) is 4.02. The summed E-state index contributed by atoms with van der Waals surface area (Å²) in [5.41, 5.74) is 2.16. The van der Waals surface area contributed by atoms with E-state index >= 15 is 0 Å². The summed E-state index contributed by atoms with van der Waals surface area (Å²) in [6, 6.07) is 3.87. The fourth-order valence-corrected chi connectivity index (χ4v) is 2.18. The summed E-state index contributed by atoms with van der Waals surface area (Å²) in [6.07, 6.45) is 3.03. The summed E-state index contributed by atoms with van der Waals surface area (Å²) in [4.78, 5) is 16.2. The van der Waals surface area contributed by atoms with E-state index in [1.165, 1.54) is 0 Å². The second-order valence-corrected chi connectivity index (χ2v) is 5.91.